The molecule has 0 spiro atoms. The Hall–Kier alpha value is -2.34. The molecular formula is C17H21N3O3. The molecule has 6 heteroatoms. The molecule has 23 heavy (non-hydrogen) atoms. The molecule has 0 radical (unpaired) electrons. The van der Waals surface area contributed by atoms with Crippen LogP contribution < -0.4 is 10.1 Å². The minimum absolute atomic E-state index is 0.0914. The number of carbonyl (C=O) groups excluding carboxylic acids is 1. The highest BCUT2D eigenvalue weighted by Crippen LogP contribution is 2.24. The van der Waals surface area contributed by atoms with E-state index < -0.39 is 0 Å². The highest BCUT2D eigenvalue weighted by Gasteiger charge is 2.28. The molecule has 1 aliphatic heterocycles. The van der Waals surface area contributed by atoms with Crippen LogP contribution in [0.5, 0.6) is 5.75 Å². The van der Waals surface area contributed by atoms with Crippen LogP contribution in [-0.2, 0) is 16.6 Å². The summed E-state index contributed by atoms with van der Waals surface area (Å²) in [4.78, 5) is 16.9. The quantitative estimate of drug-likeness (QED) is 0.914. The van der Waals surface area contributed by atoms with Crippen LogP contribution in [0.3, 0.4) is 0 Å². The number of aromatic nitrogens is 2. The molecule has 122 valence electrons. The number of benzene rings is 1. The maximum Gasteiger partial charge on any atom is 0.249 e. The van der Waals surface area contributed by atoms with E-state index in [0.29, 0.717) is 6.61 Å². The van der Waals surface area contributed by atoms with Crippen LogP contribution in [0.15, 0.2) is 36.7 Å². The summed E-state index contributed by atoms with van der Waals surface area (Å²) in [6.45, 7) is 0.647. The molecule has 2 heterocycles. The van der Waals surface area contributed by atoms with E-state index in [0.717, 1.165) is 30.0 Å². The number of nitrogens with zero attached hydrogens (tertiary/aromatic N) is 2. The average Bonchev–Trinajstić information content (AvgIpc) is 3.24. The Morgan fingerprint density at radius 1 is 1.43 bits per heavy atom. The Morgan fingerprint density at radius 2 is 2.22 bits per heavy atom. The zero-order chi connectivity index (χ0) is 16.2. The van der Waals surface area contributed by atoms with E-state index in [4.69, 9.17) is 9.47 Å². The topological polar surface area (TPSA) is 65.4 Å². The molecule has 1 amide bonds. The monoisotopic (exact) mass is 315 g/mol. The molecule has 0 aliphatic carbocycles. The number of aryl methyl sites for hydroxylation is 1. The standard InChI is InChI=1S/C17H21N3O3/c1-20-10-9-18-16(20)15(12-5-7-13(22-2)8-6-12)19-17(21)14-4-3-11-23-14/h5-10,14-15H,3-4,11H2,1-2H3,(H,19,21)/t14-,15+/m1/s1. The third-order valence-corrected chi connectivity index (χ3v) is 4.07. The van der Waals surface area contributed by atoms with Gasteiger partial charge in [-0.25, -0.2) is 4.98 Å². The van der Waals surface area contributed by atoms with Gasteiger partial charge in [-0.3, -0.25) is 4.79 Å². The number of imidazole rings is 1. The molecule has 3 rings (SSSR count). The van der Waals surface area contributed by atoms with Crippen molar-refractivity contribution in [2.75, 3.05) is 13.7 Å². The van der Waals surface area contributed by atoms with Gasteiger partial charge < -0.3 is 19.4 Å². The van der Waals surface area contributed by atoms with E-state index in [9.17, 15) is 4.79 Å². The van der Waals surface area contributed by atoms with Gasteiger partial charge >= 0.3 is 0 Å². The van der Waals surface area contributed by atoms with Crippen LogP contribution in [0.25, 0.3) is 0 Å². The van der Waals surface area contributed by atoms with Gasteiger partial charge in [0.05, 0.1) is 7.11 Å². The Balaban J connectivity index is 1.86. The second-order valence-corrected chi connectivity index (χ2v) is 5.61. The normalized spacial score (nSPS) is 18.6. The second-order valence-electron chi connectivity index (χ2n) is 5.61. The van der Waals surface area contributed by atoms with E-state index in [1.807, 2.05) is 42.1 Å². The summed E-state index contributed by atoms with van der Waals surface area (Å²) >= 11 is 0. The summed E-state index contributed by atoms with van der Waals surface area (Å²) < 4.78 is 12.6. The summed E-state index contributed by atoms with van der Waals surface area (Å²) in [5.74, 6) is 1.46. The SMILES string of the molecule is COc1ccc([C@H](NC(=O)[C@H]2CCCO2)c2nccn2C)cc1. The van der Waals surface area contributed by atoms with Gasteiger partial charge in [0.25, 0.3) is 0 Å². The first-order chi connectivity index (χ1) is 11.2. The number of carbonyl (C=O) groups is 1. The van der Waals surface area contributed by atoms with Crippen molar-refractivity contribution < 1.29 is 14.3 Å². The zero-order valence-corrected chi connectivity index (χ0v) is 13.4. The average molecular weight is 315 g/mol. The summed E-state index contributed by atoms with van der Waals surface area (Å²) in [6.07, 6.45) is 4.92. The van der Waals surface area contributed by atoms with Crippen molar-refractivity contribution in [2.45, 2.75) is 25.0 Å². The number of ether oxygens (including phenoxy) is 2. The maximum absolute atomic E-state index is 12.5. The van der Waals surface area contributed by atoms with E-state index in [1.165, 1.54) is 0 Å². The molecule has 1 aromatic heterocycles. The van der Waals surface area contributed by atoms with Crippen LogP contribution in [0.4, 0.5) is 0 Å². The lowest BCUT2D eigenvalue weighted by Crippen LogP contribution is -2.38. The van der Waals surface area contributed by atoms with Crippen molar-refractivity contribution >= 4 is 5.91 Å². The van der Waals surface area contributed by atoms with Crippen LogP contribution in [-0.4, -0.2) is 35.3 Å². The minimum Gasteiger partial charge on any atom is -0.497 e. The number of hydrogen-bond acceptors (Lipinski definition) is 4. The van der Waals surface area contributed by atoms with Crippen molar-refractivity contribution in [3.8, 4) is 5.75 Å². The van der Waals surface area contributed by atoms with Crippen LogP contribution in [0.1, 0.15) is 30.3 Å². The Labute approximate surface area is 135 Å². The van der Waals surface area contributed by atoms with Gasteiger partial charge in [-0.1, -0.05) is 12.1 Å². The molecule has 2 atom stereocenters. The van der Waals surface area contributed by atoms with Gasteiger partial charge in [0, 0.05) is 26.0 Å². The van der Waals surface area contributed by atoms with Crippen LogP contribution in [0, 0.1) is 0 Å². The second kappa shape index (κ2) is 6.83. The molecule has 0 bridgehead atoms. The highest BCUT2D eigenvalue weighted by atomic mass is 16.5. The van der Waals surface area contributed by atoms with Gasteiger partial charge in [-0.15, -0.1) is 0 Å². The summed E-state index contributed by atoms with van der Waals surface area (Å²) in [6, 6.07) is 7.31. The van der Waals surface area contributed by atoms with Crippen molar-refractivity contribution in [3.63, 3.8) is 0 Å². The minimum atomic E-state index is -0.365. The first-order valence-electron chi connectivity index (χ1n) is 7.72. The third-order valence-electron chi connectivity index (χ3n) is 4.07. The lowest BCUT2D eigenvalue weighted by Gasteiger charge is -2.21. The smallest absolute Gasteiger partial charge is 0.249 e. The van der Waals surface area contributed by atoms with E-state index in [2.05, 4.69) is 10.3 Å². The third kappa shape index (κ3) is 3.37. The summed E-state index contributed by atoms with van der Waals surface area (Å²) in [7, 11) is 3.54. The van der Waals surface area contributed by atoms with E-state index in [-0.39, 0.29) is 18.1 Å². The molecule has 0 unspecified atom stereocenters. The van der Waals surface area contributed by atoms with Gasteiger partial charge in [-0.05, 0) is 30.5 Å². The fourth-order valence-corrected chi connectivity index (χ4v) is 2.77. The van der Waals surface area contributed by atoms with Gasteiger partial charge in [0.2, 0.25) is 5.91 Å². The molecule has 1 saturated heterocycles. The molecule has 1 aliphatic rings. The highest BCUT2D eigenvalue weighted by molar-refractivity contribution is 5.81. The largest absolute Gasteiger partial charge is 0.497 e. The first kappa shape index (κ1) is 15.6. The molecule has 1 N–H and O–H groups in total. The maximum atomic E-state index is 12.5. The fraction of sp³-hybridized carbons (Fsp3) is 0.412. The molecule has 6 nitrogen and oxygen atoms in total. The fourth-order valence-electron chi connectivity index (χ4n) is 2.77. The van der Waals surface area contributed by atoms with Crippen LogP contribution >= 0.6 is 0 Å². The first-order valence-corrected chi connectivity index (χ1v) is 7.72. The van der Waals surface area contributed by atoms with Crippen molar-refractivity contribution in [2.24, 2.45) is 7.05 Å². The molecule has 1 fully saturated rings. The van der Waals surface area contributed by atoms with Gasteiger partial charge in [0.1, 0.15) is 23.7 Å². The zero-order valence-electron chi connectivity index (χ0n) is 13.4. The van der Waals surface area contributed by atoms with E-state index >= 15 is 0 Å². The molecule has 1 aromatic carbocycles. The molecule has 0 saturated carbocycles. The Bertz CT molecular complexity index is 660. The van der Waals surface area contributed by atoms with Crippen molar-refractivity contribution in [3.05, 3.63) is 48.0 Å². The number of nitrogens with one attached hydrogen (secondary N) is 1. The van der Waals surface area contributed by atoms with E-state index in [1.54, 1.807) is 13.3 Å². The lowest BCUT2D eigenvalue weighted by molar-refractivity contribution is -0.130. The van der Waals surface area contributed by atoms with Gasteiger partial charge in [0.15, 0.2) is 0 Å². The van der Waals surface area contributed by atoms with Crippen LogP contribution in [0.2, 0.25) is 0 Å². The molecular weight excluding hydrogens is 294 g/mol. The number of hydrogen-bond donors (Lipinski definition) is 1. The molecule has 2 aromatic rings. The number of methoxy groups -OCH3 is 1. The van der Waals surface area contributed by atoms with Crippen molar-refractivity contribution in [1.29, 1.82) is 0 Å². The van der Waals surface area contributed by atoms with Gasteiger partial charge in [-0.2, -0.15) is 0 Å². The predicted molar refractivity (Wildman–Crippen MR) is 85.2 cm³/mol. The Kier molecular flexibility index (Phi) is 4.62. The summed E-state index contributed by atoms with van der Waals surface area (Å²) in [5, 5.41) is 3.07. The number of rotatable bonds is 5. The Morgan fingerprint density at radius 3 is 2.78 bits per heavy atom. The summed E-state index contributed by atoms with van der Waals surface area (Å²) in [5.41, 5.74) is 0.950. The predicted octanol–water partition coefficient (Wildman–Crippen LogP) is 1.81. The lowest BCUT2D eigenvalue weighted by atomic mass is 10.1. The number of amides is 1. The van der Waals surface area contributed by atoms with Crippen molar-refractivity contribution in [1.82, 2.24) is 14.9 Å².